The van der Waals surface area contributed by atoms with Gasteiger partial charge in [-0.25, -0.2) is 4.98 Å². The maximum absolute atomic E-state index is 12.4. The van der Waals surface area contributed by atoms with Gasteiger partial charge in [-0.1, -0.05) is 36.9 Å². The second-order valence-electron chi connectivity index (χ2n) is 5.65. The van der Waals surface area contributed by atoms with Gasteiger partial charge in [0, 0.05) is 12.7 Å². The number of imidazole rings is 1. The number of halogens is 1. The molecule has 0 spiro atoms. The molecule has 1 aliphatic carbocycles. The van der Waals surface area contributed by atoms with Crippen molar-refractivity contribution in [2.45, 2.75) is 37.7 Å². The van der Waals surface area contributed by atoms with Crippen LogP contribution in [0, 0.1) is 0 Å². The molecule has 2 N–H and O–H groups in total. The first kappa shape index (κ1) is 14.4. The van der Waals surface area contributed by atoms with Crippen LogP contribution in [0.5, 0.6) is 0 Å². The topological polar surface area (TPSA) is 66.6 Å². The monoisotopic (exact) mass is 307 g/mol. The Morgan fingerprint density at radius 1 is 1.38 bits per heavy atom. The van der Waals surface area contributed by atoms with Crippen LogP contribution in [0.15, 0.2) is 24.4 Å². The Balaban J connectivity index is 1.76. The lowest BCUT2D eigenvalue weighted by Gasteiger charge is -2.32. The molecule has 6 heteroatoms. The largest absolute Gasteiger partial charge is 0.388 e. The lowest BCUT2D eigenvalue weighted by molar-refractivity contribution is 0.00520. The van der Waals surface area contributed by atoms with Gasteiger partial charge in [-0.05, 0) is 25.0 Å². The smallest absolute Gasteiger partial charge is 0.271 e. The molecule has 3 rings (SSSR count). The van der Waals surface area contributed by atoms with Crippen molar-refractivity contribution in [1.82, 2.24) is 14.7 Å². The van der Waals surface area contributed by atoms with Crippen molar-refractivity contribution in [3.05, 3.63) is 35.2 Å². The summed E-state index contributed by atoms with van der Waals surface area (Å²) in [6, 6.07) is 5.44. The fraction of sp³-hybridized carbons (Fsp3) is 0.467. The summed E-state index contributed by atoms with van der Waals surface area (Å²) >= 11 is 6.06. The van der Waals surface area contributed by atoms with Crippen molar-refractivity contribution in [3.8, 4) is 0 Å². The summed E-state index contributed by atoms with van der Waals surface area (Å²) in [5.41, 5.74) is 0.150. The summed E-state index contributed by atoms with van der Waals surface area (Å²) < 4.78 is 1.66. The van der Waals surface area contributed by atoms with E-state index in [1.807, 2.05) is 12.1 Å². The average Bonchev–Trinajstić information content (AvgIpc) is 2.81. The third-order valence-electron chi connectivity index (χ3n) is 4.06. The minimum Gasteiger partial charge on any atom is -0.388 e. The predicted octanol–water partition coefficient (Wildman–Crippen LogP) is 2.41. The Morgan fingerprint density at radius 2 is 2.14 bits per heavy atom. The third kappa shape index (κ3) is 2.89. The van der Waals surface area contributed by atoms with Gasteiger partial charge in [0.1, 0.15) is 5.65 Å². The average molecular weight is 308 g/mol. The number of fused-ring (bicyclic) bond motifs is 1. The molecule has 1 fully saturated rings. The van der Waals surface area contributed by atoms with Gasteiger partial charge in [0.15, 0.2) is 10.8 Å². The van der Waals surface area contributed by atoms with E-state index in [0.29, 0.717) is 11.3 Å². The molecule has 2 aromatic rings. The summed E-state index contributed by atoms with van der Waals surface area (Å²) in [6.07, 6.45) is 6.36. The molecule has 1 saturated carbocycles. The molecule has 0 radical (unpaired) electrons. The zero-order valence-electron chi connectivity index (χ0n) is 11.7. The number of hydrogen-bond donors (Lipinski definition) is 2. The van der Waals surface area contributed by atoms with Crippen LogP contribution in [0.2, 0.25) is 5.15 Å². The fourth-order valence-electron chi connectivity index (χ4n) is 2.89. The maximum Gasteiger partial charge on any atom is 0.271 e. The van der Waals surface area contributed by atoms with E-state index in [0.717, 1.165) is 32.1 Å². The molecule has 2 heterocycles. The van der Waals surface area contributed by atoms with Crippen molar-refractivity contribution in [1.29, 1.82) is 0 Å². The van der Waals surface area contributed by atoms with Crippen LogP contribution >= 0.6 is 11.6 Å². The van der Waals surface area contributed by atoms with E-state index in [-0.39, 0.29) is 17.6 Å². The molecule has 1 amide bonds. The molecule has 2 aromatic heterocycles. The lowest BCUT2D eigenvalue weighted by atomic mass is 9.85. The first-order valence-corrected chi connectivity index (χ1v) is 7.60. The number of hydrogen-bond acceptors (Lipinski definition) is 3. The Bertz CT molecular complexity index is 662. The SMILES string of the molecule is O=C(NCC1(O)CCCCC1)c1c(Cl)nc2ccccn12. The molecule has 0 saturated heterocycles. The molecule has 0 aliphatic heterocycles. The van der Waals surface area contributed by atoms with Gasteiger partial charge >= 0.3 is 0 Å². The summed E-state index contributed by atoms with van der Waals surface area (Å²) in [5, 5.41) is 13.4. The number of carbonyl (C=O) groups is 1. The van der Waals surface area contributed by atoms with Gasteiger partial charge in [0.25, 0.3) is 5.91 Å². The van der Waals surface area contributed by atoms with Crippen LogP contribution in [-0.4, -0.2) is 32.5 Å². The van der Waals surface area contributed by atoms with Gasteiger partial charge in [-0.2, -0.15) is 0 Å². The highest BCUT2D eigenvalue weighted by atomic mass is 35.5. The summed E-state index contributed by atoms with van der Waals surface area (Å²) in [7, 11) is 0. The van der Waals surface area contributed by atoms with E-state index >= 15 is 0 Å². The Morgan fingerprint density at radius 3 is 2.90 bits per heavy atom. The van der Waals surface area contributed by atoms with Crippen LogP contribution in [0.4, 0.5) is 0 Å². The number of nitrogens with one attached hydrogen (secondary N) is 1. The maximum atomic E-state index is 12.4. The highest BCUT2D eigenvalue weighted by Crippen LogP contribution is 2.27. The predicted molar refractivity (Wildman–Crippen MR) is 80.6 cm³/mol. The molecule has 0 unspecified atom stereocenters. The Labute approximate surface area is 127 Å². The Hall–Kier alpha value is -1.59. The molecule has 1 aliphatic rings. The third-order valence-corrected chi connectivity index (χ3v) is 4.33. The van der Waals surface area contributed by atoms with Crippen LogP contribution in [0.3, 0.4) is 0 Å². The number of carbonyl (C=O) groups excluding carboxylic acids is 1. The zero-order chi connectivity index (χ0) is 14.9. The molecular formula is C15H18ClN3O2. The first-order chi connectivity index (χ1) is 10.1. The van der Waals surface area contributed by atoms with E-state index in [2.05, 4.69) is 10.3 Å². The van der Waals surface area contributed by atoms with E-state index in [4.69, 9.17) is 11.6 Å². The van der Waals surface area contributed by atoms with Gasteiger partial charge < -0.3 is 10.4 Å². The summed E-state index contributed by atoms with van der Waals surface area (Å²) in [5.74, 6) is -0.308. The molecular weight excluding hydrogens is 290 g/mol. The van der Waals surface area contributed by atoms with E-state index in [9.17, 15) is 9.90 Å². The number of rotatable bonds is 3. The minimum atomic E-state index is -0.791. The first-order valence-electron chi connectivity index (χ1n) is 7.22. The fourth-order valence-corrected chi connectivity index (χ4v) is 3.15. The second-order valence-corrected chi connectivity index (χ2v) is 6.01. The normalized spacial score (nSPS) is 17.8. The second kappa shape index (κ2) is 5.66. The highest BCUT2D eigenvalue weighted by molar-refractivity contribution is 6.32. The van der Waals surface area contributed by atoms with E-state index in [1.54, 1.807) is 16.7 Å². The quantitative estimate of drug-likeness (QED) is 0.915. The summed E-state index contributed by atoms with van der Waals surface area (Å²) in [4.78, 5) is 16.5. The highest BCUT2D eigenvalue weighted by Gasteiger charge is 2.30. The van der Waals surface area contributed by atoms with Crippen LogP contribution in [0.25, 0.3) is 5.65 Å². The number of nitrogens with zero attached hydrogens (tertiary/aromatic N) is 2. The van der Waals surface area contributed by atoms with Crippen LogP contribution in [0.1, 0.15) is 42.6 Å². The van der Waals surface area contributed by atoms with Gasteiger partial charge in [0.05, 0.1) is 5.60 Å². The summed E-state index contributed by atoms with van der Waals surface area (Å²) in [6.45, 7) is 0.252. The number of aliphatic hydroxyl groups is 1. The van der Waals surface area contributed by atoms with Crippen molar-refractivity contribution in [3.63, 3.8) is 0 Å². The molecule has 0 bridgehead atoms. The lowest BCUT2D eigenvalue weighted by Crippen LogP contribution is -2.44. The van der Waals surface area contributed by atoms with E-state index < -0.39 is 5.60 Å². The van der Waals surface area contributed by atoms with Crippen LogP contribution < -0.4 is 5.32 Å². The van der Waals surface area contributed by atoms with Crippen molar-refractivity contribution >= 4 is 23.2 Å². The molecule has 0 atom stereocenters. The van der Waals surface area contributed by atoms with Gasteiger partial charge in [0.2, 0.25) is 0 Å². The standard InChI is InChI=1S/C15H18ClN3O2/c16-13-12(19-9-5-2-6-11(19)18-13)14(20)17-10-15(21)7-3-1-4-8-15/h2,5-6,9,21H,1,3-4,7-8,10H2,(H,17,20). The van der Waals surface area contributed by atoms with Crippen molar-refractivity contribution < 1.29 is 9.90 Å². The van der Waals surface area contributed by atoms with Crippen molar-refractivity contribution in [2.75, 3.05) is 6.54 Å². The molecule has 21 heavy (non-hydrogen) atoms. The minimum absolute atomic E-state index is 0.175. The Kier molecular flexibility index (Phi) is 3.87. The number of aromatic nitrogens is 2. The van der Waals surface area contributed by atoms with E-state index in [1.165, 1.54) is 0 Å². The molecule has 112 valence electrons. The van der Waals surface area contributed by atoms with Crippen LogP contribution in [-0.2, 0) is 0 Å². The number of amides is 1. The molecule has 5 nitrogen and oxygen atoms in total. The molecule has 0 aromatic carbocycles. The van der Waals surface area contributed by atoms with Crippen molar-refractivity contribution in [2.24, 2.45) is 0 Å². The van der Waals surface area contributed by atoms with Gasteiger partial charge in [-0.3, -0.25) is 9.20 Å². The zero-order valence-corrected chi connectivity index (χ0v) is 12.4. The van der Waals surface area contributed by atoms with Gasteiger partial charge in [-0.15, -0.1) is 0 Å². The number of pyridine rings is 1.